The maximum absolute atomic E-state index is 12.1. The highest BCUT2D eigenvalue weighted by molar-refractivity contribution is 6.39. The number of rotatable bonds is 7. The minimum atomic E-state index is -0.923. The molecule has 0 aliphatic carbocycles. The number of nitro groups is 1. The van der Waals surface area contributed by atoms with Gasteiger partial charge < -0.3 is 15.5 Å². The smallest absolute Gasteiger partial charge is 0.313 e. The number of benzene rings is 2. The van der Waals surface area contributed by atoms with E-state index in [0.717, 1.165) is 43.4 Å². The summed E-state index contributed by atoms with van der Waals surface area (Å²) >= 11 is 5.94. The van der Waals surface area contributed by atoms with Crippen molar-refractivity contribution in [2.45, 2.75) is 13.3 Å². The summed E-state index contributed by atoms with van der Waals surface area (Å²) in [6.07, 6.45) is 0.699. The van der Waals surface area contributed by atoms with Gasteiger partial charge in [0, 0.05) is 49.5 Å². The largest absolute Gasteiger partial charge is 0.369 e. The fourth-order valence-electron chi connectivity index (χ4n) is 3.54. The number of anilines is 2. The van der Waals surface area contributed by atoms with Crippen LogP contribution in [0.25, 0.3) is 0 Å². The standard InChI is InChI=1S/C22H26ClN5O4/c1-16-3-8-19(20(15-16)28(31)32)25-22(30)21(29)24-9-2-10-26-11-13-27(14-12-26)18-6-4-17(23)5-7-18/h3-8,15H,2,9-14H2,1H3,(H,24,29)(H,25,30). The van der Waals surface area contributed by atoms with E-state index in [2.05, 4.69) is 20.4 Å². The lowest BCUT2D eigenvalue weighted by Gasteiger charge is -2.36. The summed E-state index contributed by atoms with van der Waals surface area (Å²) in [5.41, 5.74) is 1.59. The molecule has 170 valence electrons. The van der Waals surface area contributed by atoms with Crippen molar-refractivity contribution in [3.63, 3.8) is 0 Å². The highest BCUT2D eigenvalue weighted by Crippen LogP contribution is 2.25. The number of hydrogen-bond acceptors (Lipinski definition) is 6. The topological polar surface area (TPSA) is 108 Å². The second-order valence-electron chi connectivity index (χ2n) is 7.65. The van der Waals surface area contributed by atoms with Crippen LogP contribution < -0.4 is 15.5 Å². The number of aryl methyl sites for hydroxylation is 1. The van der Waals surface area contributed by atoms with Gasteiger partial charge in [0.1, 0.15) is 5.69 Å². The minimum absolute atomic E-state index is 0.000640. The van der Waals surface area contributed by atoms with Gasteiger partial charge in [0.15, 0.2) is 0 Å². The second kappa shape index (κ2) is 10.9. The molecule has 3 rings (SSSR count). The molecule has 1 aliphatic heterocycles. The van der Waals surface area contributed by atoms with Crippen molar-refractivity contribution < 1.29 is 14.5 Å². The van der Waals surface area contributed by atoms with Crippen molar-refractivity contribution in [3.05, 3.63) is 63.2 Å². The molecule has 0 radical (unpaired) electrons. The Morgan fingerprint density at radius 3 is 2.41 bits per heavy atom. The molecule has 32 heavy (non-hydrogen) atoms. The molecule has 1 heterocycles. The molecule has 1 saturated heterocycles. The minimum Gasteiger partial charge on any atom is -0.369 e. The molecule has 0 bridgehead atoms. The van der Waals surface area contributed by atoms with Crippen LogP contribution in [0, 0.1) is 17.0 Å². The zero-order chi connectivity index (χ0) is 23.1. The molecule has 0 aromatic heterocycles. The summed E-state index contributed by atoms with van der Waals surface area (Å²) in [5.74, 6) is -1.74. The Kier molecular flexibility index (Phi) is 8.02. The van der Waals surface area contributed by atoms with Crippen LogP contribution >= 0.6 is 11.6 Å². The van der Waals surface area contributed by atoms with Crippen molar-refractivity contribution in [1.82, 2.24) is 10.2 Å². The van der Waals surface area contributed by atoms with Crippen LogP contribution in [0.15, 0.2) is 42.5 Å². The SMILES string of the molecule is Cc1ccc(NC(=O)C(=O)NCCCN2CCN(c3ccc(Cl)cc3)CC2)c([N+](=O)[O-])c1. The lowest BCUT2D eigenvalue weighted by molar-refractivity contribution is -0.384. The number of piperazine rings is 1. The van der Waals surface area contributed by atoms with Crippen LogP contribution in [0.3, 0.4) is 0 Å². The predicted molar refractivity (Wildman–Crippen MR) is 124 cm³/mol. The number of carbonyl (C=O) groups excluding carboxylic acids is 2. The third kappa shape index (κ3) is 6.41. The molecule has 9 nitrogen and oxygen atoms in total. The summed E-state index contributed by atoms with van der Waals surface area (Å²) in [5, 5.41) is 16.8. The summed E-state index contributed by atoms with van der Waals surface area (Å²) in [6.45, 7) is 6.50. The zero-order valence-electron chi connectivity index (χ0n) is 17.8. The average molecular weight is 460 g/mol. The molecule has 2 aromatic carbocycles. The van der Waals surface area contributed by atoms with Crippen LogP contribution in [0.5, 0.6) is 0 Å². The van der Waals surface area contributed by atoms with Gasteiger partial charge in [-0.05, 0) is 55.8 Å². The second-order valence-corrected chi connectivity index (χ2v) is 8.08. The third-order valence-electron chi connectivity index (χ3n) is 5.31. The predicted octanol–water partition coefficient (Wildman–Crippen LogP) is 2.82. The summed E-state index contributed by atoms with van der Waals surface area (Å²) in [4.78, 5) is 39.3. The Labute approximate surface area is 191 Å². The summed E-state index contributed by atoms with van der Waals surface area (Å²) < 4.78 is 0. The summed E-state index contributed by atoms with van der Waals surface area (Å²) in [7, 11) is 0. The number of nitro benzene ring substituents is 1. The molecule has 0 saturated carbocycles. The first-order valence-electron chi connectivity index (χ1n) is 10.4. The first kappa shape index (κ1) is 23.5. The first-order valence-corrected chi connectivity index (χ1v) is 10.8. The molecule has 0 unspecified atom stereocenters. The maximum Gasteiger partial charge on any atom is 0.313 e. The van der Waals surface area contributed by atoms with E-state index in [1.54, 1.807) is 13.0 Å². The normalized spacial score (nSPS) is 14.1. The monoisotopic (exact) mass is 459 g/mol. The number of amides is 2. The van der Waals surface area contributed by atoms with Crippen LogP contribution in [-0.2, 0) is 9.59 Å². The number of halogens is 1. The number of hydrogen-bond donors (Lipinski definition) is 2. The van der Waals surface area contributed by atoms with Gasteiger partial charge in [0.05, 0.1) is 4.92 Å². The third-order valence-corrected chi connectivity index (χ3v) is 5.56. The number of carbonyl (C=O) groups is 2. The highest BCUT2D eigenvalue weighted by atomic mass is 35.5. The van der Waals surface area contributed by atoms with Gasteiger partial charge in [-0.1, -0.05) is 17.7 Å². The van der Waals surface area contributed by atoms with E-state index in [0.29, 0.717) is 18.5 Å². The van der Waals surface area contributed by atoms with E-state index in [1.807, 2.05) is 24.3 Å². The molecule has 0 spiro atoms. The highest BCUT2D eigenvalue weighted by Gasteiger charge is 2.20. The van der Waals surface area contributed by atoms with Gasteiger partial charge in [-0.3, -0.25) is 24.6 Å². The van der Waals surface area contributed by atoms with Gasteiger partial charge >= 0.3 is 11.8 Å². The quantitative estimate of drug-likeness (QED) is 0.285. The Hall–Kier alpha value is -3.17. The average Bonchev–Trinajstić information content (AvgIpc) is 2.78. The van der Waals surface area contributed by atoms with E-state index in [1.165, 1.54) is 12.1 Å². The molecule has 2 N–H and O–H groups in total. The van der Waals surface area contributed by atoms with Crippen LogP contribution in [0.2, 0.25) is 5.02 Å². The lowest BCUT2D eigenvalue weighted by Crippen LogP contribution is -2.47. The van der Waals surface area contributed by atoms with Gasteiger partial charge in [-0.25, -0.2) is 0 Å². The molecular formula is C22H26ClN5O4. The maximum atomic E-state index is 12.1. The van der Waals surface area contributed by atoms with Crippen LogP contribution in [0.4, 0.5) is 17.1 Å². The molecule has 1 aliphatic rings. The van der Waals surface area contributed by atoms with E-state index >= 15 is 0 Å². The van der Waals surface area contributed by atoms with E-state index in [-0.39, 0.29) is 11.4 Å². The van der Waals surface area contributed by atoms with Crippen molar-refractivity contribution in [2.75, 3.05) is 49.5 Å². The molecular weight excluding hydrogens is 434 g/mol. The Morgan fingerprint density at radius 2 is 1.75 bits per heavy atom. The van der Waals surface area contributed by atoms with Crippen LogP contribution in [0.1, 0.15) is 12.0 Å². The van der Waals surface area contributed by atoms with Crippen molar-refractivity contribution in [3.8, 4) is 0 Å². The molecule has 2 amide bonds. The van der Waals surface area contributed by atoms with Gasteiger partial charge in [0.25, 0.3) is 5.69 Å². The fourth-order valence-corrected chi connectivity index (χ4v) is 3.67. The van der Waals surface area contributed by atoms with Gasteiger partial charge in [-0.2, -0.15) is 0 Å². The van der Waals surface area contributed by atoms with Crippen molar-refractivity contribution >= 4 is 40.5 Å². The van der Waals surface area contributed by atoms with Crippen LogP contribution in [-0.4, -0.2) is 60.9 Å². The molecule has 2 aromatic rings. The lowest BCUT2D eigenvalue weighted by atomic mass is 10.2. The zero-order valence-corrected chi connectivity index (χ0v) is 18.6. The van der Waals surface area contributed by atoms with E-state index in [9.17, 15) is 19.7 Å². The van der Waals surface area contributed by atoms with E-state index < -0.39 is 16.7 Å². The fraction of sp³-hybridized carbons (Fsp3) is 0.364. The van der Waals surface area contributed by atoms with Crippen molar-refractivity contribution in [1.29, 1.82) is 0 Å². The van der Waals surface area contributed by atoms with Gasteiger partial charge in [-0.15, -0.1) is 0 Å². The Morgan fingerprint density at radius 1 is 1.06 bits per heavy atom. The number of nitrogens with zero attached hydrogens (tertiary/aromatic N) is 3. The molecule has 1 fully saturated rings. The Bertz CT molecular complexity index is 975. The number of nitrogens with one attached hydrogen (secondary N) is 2. The molecule has 10 heteroatoms. The Balaban J connectivity index is 1.37. The van der Waals surface area contributed by atoms with Crippen molar-refractivity contribution in [2.24, 2.45) is 0 Å². The van der Waals surface area contributed by atoms with Gasteiger partial charge in [0.2, 0.25) is 0 Å². The molecule has 0 atom stereocenters. The van der Waals surface area contributed by atoms with E-state index in [4.69, 9.17) is 11.6 Å². The summed E-state index contributed by atoms with van der Waals surface area (Å²) in [6, 6.07) is 12.2. The first-order chi connectivity index (χ1) is 15.3.